The summed E-state index contributed by atoms with van der Waals surface area (Å²) in [6.07, 6.45) is 25.5. The summed E-state index contributed by atoms with van der Waals surface area (Å²) in [6, 6.07) is 0. The van der Waals surface area contributed by atoms with Crippen LogP contribution < -0.4 is 5.73 Å². The summed E-state index contributed by atoms with van der Waals surface area (Å²) in [4.78, 5) is 8.36. The van der Waals surface area contributed by atoms with Gasteiger partial charge in [-0.25, -0.2) is 0 Å². The van der Waals surface area contributed by atoms with Crippen LogP contribution in [0.15, 0.2) is 0 Å². The number of hydrogen-bond acceptors (Lipinski definition) is 3. The Morgan fingerprint density at radius 2 is 0.600 bits per heavy atom. The molecule has 0 aromatic carbocycles. The molecule has 0 amide bonds. The van der Waals surface area contributed by atoms with Crippen molar-refractivity contribution in [2.45, 2.75) is 157 Å². The first kappa shape index (κ1) is 39.6. The molecule has 0 rings (SSSR count). The van der Waals surface area contributed by atoms with E-state index in [1.54, 1.807) is 0 Å². The highest BCUT2D eigenvalue weighted by molar-refractivity contribution is 4.40. The molecule has 5 nitrogen and oxygen atoms in total. The lowest BCUT2D eigenvalue weighted by atomic mass is 10.1. The van der Waals surface area contributed by atoms with Gasteiger partial charge in [-0.1, -0.05) is 157 Å². The molecule has 0 bridgehead atoms. The van der Waals surface area contributed by atoms with Crippen molar-refractivity contribution in [2.24, 2.45) is 5.73 Å². The van der Waals surface area contributed by atoms with Gasteiger partial charge in [0, 0.05) is 0 Å². The first-order valence-electron chi connectivity index (χ1n) is 12.9. The maximum absolute atomic E-state index is 8.36. The van der Waals surface area contributed by atoms with E-state index in [2.05, 4.69) is 47.3 Å². The predicted molar refractivity (Wildman–Crippen MR) is 136 cm³/mol. The van der Waals surface area contributed by atoms with Crippen LogP contribution in [0.4, 0.5) is 0 Å². The lowest BCUT2D eigenvalue weighted by molar-refractivity contribution is -0.742. The summed E-state index contributed by atoms with van der Waals surface area (Å²) >= 11 is 0. The Bertz CT molecular complexity index is 190. The van der Waals surface area contributed by atoms with E-state index >= 15 is 0 Å². The Morgan fingerprint density at radius 3 is 0.667 bits per heavy atom. The molecule has 0 fully saturated rings. The molecule has 30 heavy (non-hydrogen) atoms. The Balaban J connectivity index is -0.0000000921. The van der Waals surface area contributed by atoms with Crippen LogP contribution >= 0.6 is 0 Å². The summed E-state index contributed by atoms with van der Waals surface area (Å²) in [7, 11) is 1.50. The van der Waals surface area contributed by atoms with Gasteiger partial charge in [-0.05, 0) is 7.05 Å². The second kappa shape index (κ2) is 51.1. The van der Waals surface area contributed by atoms with Crippen molar-refractivity contribution in [3.8, 4) is 0 Å². The molecule has 188 valence electrons. The Morgan fingerprint density at radius 1 is 0.500 bits per heavy atom. The molecule has 0 aliphatic rings. The number of unbranched alkanes of at least 4 members (excludes halogenated alkanes) is 15. The van der Waals surface area contributed by atoms with Crippen LogP contribution in [-0.2, 0) is 0 Å². The zero-order valence-corrected chi connectivity index (χ0v) is 22.0. The van der Waals surface area contributed by atoms with E-state index < -0.39 is 5.09 Å². The fourth-order valence-corrected chi connectivity index (χ4v) is 2.56. The third-order valence-corrected chi connectivity index (χ3v) is 4.37. The van der Waals surface area contributed by atoms with Crippen LogP contribution in [0.1, 0.15) is 157 Å². The van der Waals surface area contributed by atoms with Crippen LogP contribution in [-0.4, -0.2) is 17.3 Å². The lowest BCUT2D eigenvalue weighted by Gasteiger charge is -1.93. The van der Waals surface area contributed by atoms with Gasteiger partial charge in [-0.15, -0.1) is 10.1 Å². The molecule has 0 saturated carbocycles. The fraction of sp³-hybridized carbons (Fsp3) is 1.00. The molecule has 5 heteroatoms. The van der Waals surface area contributed by atoms with Gasteiger partial charge in [0.2, 0.25) is 0 Å². The molecule has 0 aromatic heterocycles. The van der Waals surface area contributed by atoms with Crippen LogP contribution in [0, 0.1) is 10.1 Å². The Kier molecular flexibility index (Phi) is 67.5. The summed E-state index contributed by atoms with van der Waals surface area (Å²) in [5.74, 6) is 0. The Hall–Kier alpha value is -0.840. The van der Waals surface area contributed by atoms with E-state index in [9.17, 15) is 0 Å². The van der Waals surface area contributed by atoms with E-state index in [4.69, 9.17) is 15.3 Å². The summed E-state index contributed by atoms with van der Waals surface area (Å²) in [5, 5.41) is 13.6. The van der Waals surface area contributed by atoms with Crippen LogP contribution in [0.5, 0.6) is 0 Å². The molecular weight excluding hydrogens is 376 g/mol. The first-order chi connectivity index (χ1) is 14.5. The number of nitrogens with zero attached hydrogens (tertiary/aromatic N) is 1. The molecule has 0 aliphatic heterocycles. The highest BCUT2D eigenvalue weighted by atomic mass is 16.9. The van der Waals surface area contributed by atoms with Crippen molar-refractivity contribution in [3.05, 3.63) is 10.1 Å². The molecular formula is C25H60N2O3. The van der Waals surface area contributed by atoms with E-state index in [1.807, 2.05) is 0 Å². The molecule has 3 N–H and O–H groups in total. The number of nitrogens with two attached hydrogens (primary N) is 1. The minimum absolute atomic E-state index is 1.36. The zero-order chi connectivity index (χ0) is 24.3. The van der Waals surface area contributed by atoms with Crippen molar-refractivity contribution >= 4 is 0 Å². The van der Waals surface area contributed by atoms with Crippen LogP contribution in [0.3, 0.4) is 0 Å². The SMILES string of the molecule is CCCCCCCC.CCCCCCCC.CCCCCCCC.CN.O=[N+]([O-])O. The van der Waals surface area contributed by atoms with E-state index in [-0.39, 0.29) is 0 Å². The number of rotatable bonds is 15. The quantitative estimate of drug-likeness (QED) is 0.152. The van der Waals surface area contributed by atoms with Gasteiger partial charge in [-0.3, -0.25) is 0 Å². The highest BCUT2D eigenvalue weighted by Gasteiger charge is 1.84. The third kappa shape index (κ3) is 92.7. The number of hydrogen-bond donors (Lipinski definition) is 2. The van der Waals surface area contributed by atoms with Gasteiger partial charge < -0.3 is 10.9 Å². The summed E-state index contributed by atoms with van der Waals surface area (Å²) < 4.78 is 0. The molecule has 0 atom stereocenters. The van der Waals surface area contributed by atoms with Gasteiger partial charge in [0.15, 0.2) is 0 Å². The van der Waals surface area contributed by atoms with Crippen molar-refractivity contribution < 1.29 is 10.3 Å². The lowest BCUT2D eigenvalue weighted by Crippen LogP contribution is -1.81. The molecule has 0 aliphatic carbocycles. The van der Waals surface area contributed by atoms with E-state index in [0.29, 0.717) is 0 Å². The zero-order valence-electron chi connectivity index (χ0n) is 22.0. The maximum Gasteiger partial charge on any atom is 0.291 e. The van der Waals surface area contributed by atoms with Crippen LogP contribution in [0.25, 0.3) is 0 Å². The second-order valence-electron chi connectivity index (χ2n) is 7.48. The smallest absolute Gasteiger partial charge is 0.291 e. The minimum atomic E-state index is -1.50. The van der Waals surface area contributed by atoms with Crippen molar-refractivity contribution in [3.63, 3.8) is 0 Å². The summed E-state index contributed by atoms with van der Waals surface area (Å²) in [5.41, 5.74) is 4.50. The van der Waals surface area contributed by atoms with Crippen molar-refractivity contribution in [1.29, 1.82) is 0 Å². The molecule has 0 radical (unpaired) electrons. The topological polar surface area (TPSA) is 89.4 Å². The highest BCUT2D eigenvalue weighted by Crippen LogP contribution is 2.04. The van der Waals surface area contributed by atoms with Gasteiger partial charge in [0.05, 0.1) is 0 Å². The maximum atomic E-state index is 8.36. The average Bonchev–Trinajstić information content (AvgIpc) is 2.74. The molecule has 0 heterocycles. The predicted octanol–water partition coefficient (Wildman–Crippen LogP) is 9.33. The normalized spacial score (nSPS) is 8.80. The second-order valence-corrected chi connectivity index (χ2v) is 7.48. The standard InChI is InChI=1S/3C8H18.CH5N.HNO3/c3*1-3-5-7-8-6-4-2;1-2;2-1(3)4/h3*3-8H2,1-2H3;2H2,1H3;(H,2,3,4). The molecule has 0 saturated heterocycles. The monoisotopic (exact) mass is 436 g/mol. The van der Waals surface area contributed by atoms with E-state index in [0.717, 1.165) is 0 Å². The summed E-state index contributed by atoms with van der Waals surface area (Å²) in [6.45, 7) is 13.5. The Labute approximate surface area is 190 Å². The van der Waals surface area contributed by atoms with Crippen LogP contribution in [0.2, 0.25) is 0 Å². The van der Waals surface area contributed by atoms with Crippen molar-refractivity contribution in [1.82, 2.24) is 0 Å². The van der Waals surface area contributed by atoms with Gasteiger partial charge in [0.25, 0.3) is 5.09 Å². The van der Waals surface area contributed by atoms with Gasteiger partial charge in [-0.2, -0.15) is 0 Å². The first-order valence-corrected chi connectivity index (χ1v) is 12.9. The van der Waals surface area contributed by atoms with Crippen molar-refractivity contribution in [2.75, 3.05) is 7.05 Å². The fourth-order valence-electron chi connectivity index (χ4n) is 2.56. The third-order valence-electron chi connectivity index (χ3n) is 4.37. The van der Waals surface area contributed by atoms with Gasteiger partial charge in [0.1, 0.15) is 0 Å². The van der Waals surface area contributed by atoms with E-state index in [1.165, 1.54) is 123 Å². The minimum Gasteiger partial charge on any atom is -0.333 e. The molecule has 0 unspecified atom stereocenters. The largest absolute Gasteiger partial charge is 0.333 e. The average molecular weight is 437 g/mol. The van der Waals surface area contributed by atoms with Gasteiger partial charge >= 0.3 is 0 Å². The molecule has 0 aromatic rings. The molecule has 0 spiro atoms.